The largest absolute Gasteiger partial charge is 0.395 e. The molecule has 0 radical (unpaired) electrons. The van der Waals surface area contributed by atoms with Crippen LogP contribution in [0, 0.1) is 5.92 Å². The SMILES string of the molecule is O=S(=O)(NC(CO)C1CCSCC1)c1ccc(Cl)s1. The number of sulfonamides is 1. The Labute approximate surface area is 126 Å². The van der Waals surface area contributed by atoms with Crippen molar-refractivity contribution in [2.24, 2.45) is 5.92 Å². The molecule has 0 bridgehead atoms. The van der Waals surface area contributed by atoms with Crippen molar-refractivity contribution in [2.45, 2.75) is 23.1 Å². The molecule has 2 N–H and O–H groups in total. The molecule has 1 aliphatic heterocycles. The fourth-order valence-corrected chi connectivity index (χ4v) is 6.04. The van der Waals surface area contributed by atoms with E-state index < -0.39 is 16.1 Å². The van der Waals surface area contributed by atoms with Crippen molar-refractivity contribution in [2.75, 3.05) is 18.1 Å². The molecule has 0 saturated carbocycles. The lowest BCUT2D eigenvalue weighted by molar-refractivity contribution is 0.208. The van der Waals surface area contributed by atoms with Crippen molar-refractivity contribution in [3.8, 4) is 0 Å². The summed E-state index contributed by atoms with van der Waals surface area (Å²) in [5, 5.41) is 9.44. The van der Waals surface area contributed by atoms with E-state index in [9.17, 15) is 13.5 Å². The van der Waals surface area contributed by atoms with Crippen molar-refractivity contribution in [1.29, 1.82) is 0 Å². The maximum atomic E-state index is 12.2. The molecule has 2 heterocycles. The van der Waals surface area contributed by atoms with E-state index in [1.54, 1.807) is 6.07 Å². The van der Waals surface area contributed by atoms with E-state index in [0.717, 1.165) is 35.7 Å². The van der Waals surface area contributed by atoms with Gasteiger partial charge in [0, 0.05) is 6.04 Å². The van der Waals surface area contributed by atoms with Gasteiger partial charge in [-0.25, -0.2) is 13.1 Å². The highest BCUT2D eigenvalue weighted by atomic mass is 35.5. The molecule has 0 aromatic carbocycles. The van der Waals surface area contributed by atoms with E-state index in [0.29, 0.717) is 4.34 Å². The second-order valence-corrected chi connectivity index (χ2v) is 9.30. The Hall–Kier alpha value is 0.210. The predicted octanol–water partition coefficient (Wildman–Crippen LogP) is 2.18. The van der Waals surface area contributed by atoms with E-state index in [2.05, 4.69) is 4.72 Å². The molecular weight excluding hydrogens is 326 g/mol. The number of halogens is 1. The second kappa shape index (κ2) is 6.78. The first kappa shape index (κ1) is 15.6. The van der Waals surface area contributed by atoms with Crippen LogP contribution in [0.5, 0.6) is 0 Å². The molecule has 0 aliphatic carbocycles. The molecule has 1 unspecified atom stereocenters. The number of aliphatic hydroxyl groups excluding tert-OH is 1. The van der Waals surface area contributed by atoms with Gasteiger partial charge in [0.1, 0.15) is 4.21 Å². The normalized spacial score (nSPS) is 19.5. The number of hydrogen-bond donors (Lipinski definition) is 2. The zero-order valence-electron chi connectivity index (χ0n) is 10.2. The van der Waals surface area contributed by atoms with Crippen molar-refractivity contribution in [3.63, 3.8) is 0 Å². The predicted molar refractivity (Wildman–Crippen MR) is 80.6 cm³/mol. The highest BCUT2D eigenvalue weighted by Gasteiger charge is 2.28. The molecular formula is C11H16ClNO3S3. The highest BCUT2D eigenvalue weighted by Crippen LogP contribution is 2.28. The minimum atomic E-state index is -3.58. The molecule has 1 saturated heterocycles. The van der Waals surface area contributed by atoms with Gasteiger partial charge in [-0.05, 0) is 42.4 Å². The van der Waals surface area contributed by atoms with Gasteiger partial charge in [-0.1, -0.05) is 11.6 Å². The summed E-state index contributed by atoms with van der Waals surface area (Å²) < 4.78 is 27.6. The van der Waals surface area contributed by atoms with Crippen LogP contribution < -0.4 is 4.72 Å². The van der Waals surface area contributed by atoms with E-state index in [-0.39, 0.29) is 16.7 Å². The fraction of sp³-hybridized carbons (Fsp3) is 0.636. The van der Waals surface area contributed by atoms with Gasteiger partial charge in [0.25, 0.3) is 0 Å². The zero-order valence-corrected chi connectivity index (χ0v) is 13.4. The maximum Gasteiger partial charge on any atom is 0.250 e. The third-order valence-corrected chi connectivity index (χ3v) is 7.41. The fourth-order valence-electron chi connectivity index (χ4n) is 2.10. The van der Waals surface area contributed by atoms with Crippen LogP contribution in [0.3, 0.4) is 0 Å². The molecule has 0 amide bonds. The summed E-state index contributed by atoms with van der Waals surface area (Å²) >= 11 is 8.65. The van der Waals surface area contributed by atoms with Gasteiger partial charge < -0.3 is 5.11 Å². The summed E-state index contributed by atoms with van der Waals surface area (Å²) in [6, 6.07) is 2.64. The average molecular weight is 342 g/mol. The minimum absolute atomic E-state index is 0.173. The van der Waals surface area contributed by atoms with Gasteiger partial charge in [-0.3, -0.25) is 0 Å². The first-order valence-electron chi connectivity index (χ1n) is 5.99. The number of nitrogens with one attached hydrogen (secondary N) is 1. The minimum Gasteiger partial charge on any atom is -0.395 e. The molecule has 0 spiro atoms. The topological polar surface area (TPSA) is 66.4 Å². The van der Waals surface area contributed by atoms with Crippen LogP contribution in [0.2, 0.25) is 4.34 Å². The Morgan fingerprint density at radius 2 is 2.11 bits per heavy atom. The van der Waals surface area contributed by atoms with Crippen LogP contribution in [0.4, 0.5) is 0 Å². The van der Waals surface area contributed by atoms with Gasteiger partial charge in [0.2, 0.25) is 10.0 Å². The molecule has 1 aromatic heterocycles. The second-order valence-electron chi connectivity index (χ2n) is 4.42. The third kappa shape index (κ3) is 4.09. The molecule has 8 heteroatoms. The molecule has 1 atom stereocenters. The molecule has 1 aromatic rings. The van der Waals surface area contributed by atoms with Gasteiger partial charge in [0.05, 0.1) is 10.9 Å². The van der Waals surface area contributed by atoms with Crippen LogP contribution >= 0.6 is 34.7 Å². The quantitative estimate of drug-likeness (QED) is 0.861. The van der Waals surface area contributed by atoms with Crippen molar-refractivity contribution < 1.29 is 13.5 Å². The summed E-state index contributed by atoms with van der Waals surface area (Å²) in [6.45, 7) is -0.173. The Kier molecular flexibility index (Phi) is 5.56. The molecule has 2 rings (SSSR count). The maximum absolute atomic E-state index is 12.2. The number of thiophene rings is 1. The Morgan fingerprint density at radius 1 is 1.42 bits per heavy atom. The van der Waals surface area contributed by atoms with E-state index >= 15 is 0 Å². The lowest BCUT2D eigenvalue weighted by atomic mass is 9.95. The number of aliphatic hydroxyl groups is 1. The van der Waals surface area contributed by atoms with Gasteiger partial charge in [0.15, 0.2) is 0 Å². The Balaban J connectivity index is 2.08. The molecule has 1 fully saturated rings. The van der Waals surface area contributed by atoms with Crippen LogP contribution in [-0.2, 0) is 10.0 Å². The van der Waals surface area contributed by atoms with E-state index in [1.165, 1.54) is 6.07 Å². The standard InChI is InChI=1S/C11H16ClNO3S3/c12-10-1-2-11(18-10)19(15,16)13-9(7-14)8-3-5-17-6-4-8/h1-2,8-9,13-14H,3-7H2. The Bertz CT molecular complexity index is 511. The van der Waals surface area contributed by atoms with Crippen molar-refractivity contribution in [1.82, 2.24) is 4.72 Å². The van der Waals surface area contributed by atoms with Crippen LogP contribution in [0.1, 0.15) is 12.8 Å². The van der Waals surface area contributed by atoms with Crippen molar-refractivity contribution in [3.05, 3.63) is 16.5 Å². The summed E-state index contributed by atoms with van der Waals surface area (Å²) in [6.07, 6.45) is 1.87. The van der Waals surface area contributed by atoms with Crippen LogP contribution in [0.15, 0.2) is 16.3 Å². The first-order valence-corrected chi connectivity index (χ1v) is 9.82. The molecule has 19 heavy (non-hydrogen) atoms. The van der Waals surface area contributed by atoms with Crippen molar-refractivity contribution >= 4 is 44.7 Å². The molecule has 1 aliphatic rings. The van der Waals surface area contributed by atoms with Crippen LogP contribution in [-0.4, -0.2) is 37.7 Å². The summed E-state index contributed by atoms with van der Waals surface area (Å²) in [5.41, 5.74) is 0. The molecule has 4 nitrogen and oxygen atoms in total. The lowest BCUT2D eigenvalue weighted by Crippen LogP contribution is -2.43. The number of thioether (sulfide) groups is 1. The average Bonchev–Trinajstić information content (AvgIpc) is 2.85. The lowest BCUT2D eigenvalue weighted by Gasteiger charge is -2.28. The summed E-state index contributed by atoms with van der Waals surface area (Å²) in [5.74, 6) is 2.25. The Morgan fingerprint density at radius 3 is 2.63 bits per heavy atom. The number of rotatable bonds is 5. The monoisotopic (exact) mass is 341 g/mol. The van der Waals surface area contributed by atoms with Crippen LogP contribution in [0.25, 0.3) is 0 Å². The first-order chi connectivity index (χ1) is 9.03. The van der Waals surface area contributed by atoms with Gasteiger partial charge >= 0.3 is 0 Å². The van der Waals surface area contributed by atoms with E-state index in [4.69, 9.17) is 11.6 Å². The van der Waals surface area contributed by atoms with Gasteiger partial charge in [-0.2, -0.15) is 11.8 Å². The summed E-state index contributed by atoms with van der Waals surface area (Å²) in [7, 11) is -3.58. The zero-order chi connectivity index (χ0) is 13.9. The molecule has 108 valence electrons. The smallest absolute Gasteiger partial charge is 0.250 e. The van der Waals surface area contributed by atoms with E-state index in [1.807, 2.05) is 11.8 Å². The summed E-state index contributed by atoms with van der Waals surface area (Å²) in [4.78, 5) is 0. The highest BCUT2D eigenvalue weighted by molar-refractivity contribution is 7.99. The van der Waals surface area contributed by atoms with Gasteiger partial charge in [-0.15, -0.1) is 11.3 Å². The number of hydrogen-bond acceptors (Lipinski definition) is 5. The third-order valence-electron chi connectivity index (χ3n) is 3.15.